The predicted molar refractivity (Wildman–Crippen MR) is 80.7 cm³/mol. The molecule has 2 aromatic heterocycles. The summed E-state index contributed by atoms with van der Waals surface area (Å²) in [6.45, 7) is 2.52. The summed E-state index contributed by atoms with van der Waals surface area (Å²) >= 11 is 1.46. The lowest BCUT2D eigenvalue weighted by Gasteiger charge is -2.13. The highest BCUT2D eigenvalue weighted by molar-refractivity contribution is 7.99. The molecule has 0 aliphatic heterocycles. The second kappa shape index (κ2) is 7.21. The van der Waals surface area contributed by atoms with E-state index >= 15 is 0 Å². The van der Waals surface area contributed by atoms with E-state index in [0.29, 0.717) is 11.7 Å². The highest BCUT2D eigenvalue weighted by Gasteiger charge is 2.13. The molecule has 1 atom stereocenters. The highest BCUT2D eigenvalue weighted by Crippen LogP contribution is 2.31. The molecule has 6 heteroatoms. The first-order valence-electron chi connectivity index (χ1n) is 6.59. The van der Waals surface area contributed by atoms with Crippen molar-refractivity contribution in [1.82, 2.24) is 15.0 Å². The Morgan fingerprint density at radius 3 is 3.00 bits per heavy atom. The smallest absolute Gasteiger partial charge is 0.251 e. The van der Waals surface area contributed by atoms with Crippen molar-refractivity contribution < 1.29 is 0 Å². The lowest BCUT2D eigenvalue weighted by Crippen LogP contribution is -2.14. The van der Waals surface area contributed by atoms with Gasteiger partial charge in [-0.15, -0.1) is 0 Å². The van der Waals surface area contributed by atoms with Crippen LogP contribution in [0.15, 0.2) is 40.5 Å². The van der Waals surface area contributed by atoms with E-state index in [1.807, 2.05) is 12.1 Å². The Morgan fingerprint density at radius 2 is 2.35 bits per heavy atom. The average Bonchev–Trinajstić information content (AvgIpc) is 2.45. The van der Waals surface area contributed by atoms with Crippen LogP contribution < -0.4 is 11.3 Å². The maximum Gasteiger partial charge on any atom is 0.251 e. The molecule has 20 heavy (non-hydrogen) atoms. The van der Waals surface area contributed by atoms with Crippen molar-refractivity contribution in [2.45, 2.75) is 30.2 Å². The number of H-pyrrole nitrogens is 1. The quantitative estimate of drug-likeness (QED) is 0.627. The number of aromatic amines is 1. The number of thioether (sulfide) groups is 1. The van der Waals surface area contributed by atoms with Gasteiger partial charge in [-0.2, -0.15) is 0 Å². The van der Waals surface area contributed by atoms with E-state index in [0.717, 1.165) is 24.1 Å². The Kier molecular flexibility index (Phi) is 5.31. The van der Waals surface area contributed by atoms with E-state index in [2.05, 4.69) is 21.9 Å². The van der Waals surface area contributed by atoms with Crippen LogP contribution in [-0.4, -0.2) is 21.5 Å². The average molecular weight is 290 g/mol. The van der Waals surface area contributed by atoms with Gasteiger partial charge in [-0.05, 0) is 18.1 Å². The Bertz CT molecular complexity index is 600. The summed E-state index contributed by atoms with van der Waals surface area (Å²) in [6, 6.07) is 5.41. The van der Waals surface area contributed by atoms with E-state index in [4.69, 9.17) is 5.73 Å². The van der Waals surface area contributed by atoms with Crippen LogP contribution in [0.2, 0.25) is 0 Å². The first kappa shape index (κ1) is 14.7. The van der Waals surface area contributed by atoms with Gasteiger partial charge in [-0.3, -0.25) is 9.78 Å². The minimum atomic E-state index is -0.118. The molecule has 0 amide bonds. The summed E-state index contributed by atoms with van der Waals surface area (Å²) in [5.41, 5.74) is 7.55. The van der Waals surface area contributed by atoms with Crippen molar-refractivity contribution in [3.8, 4) is 0 Å². The van der Waals surface area contributed by atoms with Crippen molar-refractivity contribution in [2.75, 3.05) is 6.54 Å². The van der Waals surface area contributed by atoms with Crippen LogP contribution in [0.5, 0.6) is 0 Å². The van der Waals surface area contributed by atoms with Crippen molar-refractivity contribution in [3.05, 3.63) is 52.2 Å². The molecule has 5 nitrogen and oxygen atoms in total. The van der Waals surface area contributed by atoms with Crippen molar-refractivity contribution >= 4 is 11.8 Å². The molecular formula is C14H18N4OS. The lowest BCUT2D eigenvalue weighted by molar-refractivity contribution is 0.810. The van der Waals surface area contributed by atoms with Crippen LogP contribution in [0, 0.1) is 0 Å². The number of nitrogens with two attached hydrogens (primary N) is 1. The molecule has 106 valence electrons. The Morgan fingerprint density at radius 1 is 1.50 bits per heavy atom. The first-order chi connectivity index (χ1) is 9.72. The summed E-state index contributed by atoms with van der Waals surface area (Å²) in [7, 11) is 0. The molecule has 0 spiro atoms. The van der Waals surface area contributed by atoms with Crippen molar-refractivity contribution in [2.24, 2.45) is 5.73 Å². The van der Waals surface area contributed by atoms with E-state index in [1.54, 1.807) is 18.5 Å². The molecule has 0 fully saturated rings. The minimum absolute atomic E-state index is 0.0312. The summed E-state index contributed by atoms with van der Waals surface area (Å²) in [6.07, 6.45) is 5.28. The third-order valence-electron chi connectivity index (χ3n) is 2.80. The van der Waals surface area contributed by atoms with Crippen LogP contribution in [0.4, 0.5) is 0 Å². The molecule has 0 saturated carbocycles. The molecule has 0 aliphatic carbocycles. The third kappa shape index (κ3) is 3.91. The van der Waals surface area contributed by atoms with E-state index in [-0.39, 0.29) is 10.8 Å². The second-order valence-electron chi connectivity index (χ2n) is 4.42. The predicted octanol–water partition coefficient (Wildman–Crippen LogP) is 1.91. The van der Waals surface area contributed by atoms with E-state index < -0.39 is 0 Å². The van der Waals surface area contributed by atoms with Gasteiger partial charge in [0.05, 0.1) is 5.25 Å². The third-order valence-corrected chi connectivity index (χ3v) is 3.97. The monoisotopic (exact) mass is 290 g/mol. The summed E-state index contributed by atoms with van der Waals surface area (Å²) < 4.78 is 0. The van der Waals surface area contributed by atoms with Gasteiger partial charge in [0.1, 0.15) is 0 Å². The first-order valence-corrected chi connectivity index (χ1v) is 7.47. The Labute approximate surface area is 122 Å². The zero-order chi connectivity index (χ0) is 14.4. The van der Waals surface area contributed by atoms with Gasteiger partial charge in [0.25, 0.3) is 5.56 Å². The van der Waals surface area contributed by atoms with Gasteiger partial charge in [0.2, 0.25) is 0 Å². The summed E-state index contributed by atoms with van der Waals surface area (Å²) in [5.74, 6) is 0. The number of aryl methyl sites for hydroxylation is 1. The lowest BCUT2D eigenvalue weighted by atomic mass is 10.2. The van der Waals surface area contributed by atoms with Crippen LogP contribution >= 0.6 is 11.8 Å². The SMILES string of the molecule is CCCc1cc(=O)[nH]c(SC(CN)c2cccnc2)n1. The van der Waals surface area contributed by atoms with Crippen LogP contribution in [-0.2, 0) is 6.42 Å². The Hall–Kier alpha value is -1.66. The molecule has 2 aromatic rings. The molecule has 2 heterocycles. The van der Waals surface area contributed by atoms with Gasteiger partial charge in [-0.25, -0.2) is 4.98 Å². The molecule has 0 aromatic carbocycles. The fourth-order valence-electron chi connectivity index (χ4n) is 1.88. The largest absolute Gasteiger partial charge is 0.329 e. The zero-order valence-electron chi connectivity index (χ0n) is 11.4. The minimum Gasteiger partial charge on any atom is -0.329 e. The van der Waals surface area contributed by atoms with E-state index in [9.17, 15) is 4.79 Å². The van der Waals surface area contributed by atoms with Gasteiger partial charge in [0.15, 0.2) is 5.16 Å². The fraction of sp³-hybridized carbons (Fsp3) is 0.357. The molecule has 0 saturated heterocycles. The van der Waals surface area contributed by atoms with Crippen LogP contribution in [0.25, 0.3) is 0 Å². The molecule has 2 rings (SSSR count). The fourth-order valence-corrected chi connectivity index (χ4v) is 2.85. The van der Waals surface area contributed by atoms with Crippen molar-refractivity contribution in [3.63, 3.8) is 0 Å². The Balaban J connectivity index is 2.21. The van der Waals surface area contributed by atoms with Gasteiger partial charge >= 0.3 is 0 Å². The molecule has 0 bridgehead atoms. The second-order valence-corrected chi connectivity index (χ2v) is 5.61. The number of nitrogens with one attached hydrogen (secondary N) is 1. The molecule has 3 N–H and O–H groups in total. The number of aromatic nitrogens is 3. The number of pyridine rings is 1. The number of hydrogen-bond donors (Lipinski definition) is 2. The number of rotatable bonds is 6. The molecular weight excluding hydrogens is 272 g/mol. The summed E-state index contributed by atoms with van der Waals surface area (Å²) in [5, 5.41) is 0.643. The molecule has 1 unspecified atom stereocenters. The topological polar surface area (TPSA) is 84.7 Å². The molecule has 0 aliphatic rings. The number of nitrogens with zero attached hydrogens (tertiary/aromatic N) is 2. The summed E-state index contributed by atoms with van der Waals surface area (Å²) in [4.78, 5) is 23.0. The standard InChI is InChI=1S/C14H18N4OS/c1-2-4-11-7-13(19)18-14(17-11)20-12(8-15)10-5-3-6-16-9-10/h3,5-7,9,12H,2,4,8,15H2,1H3,(H,17,18,19). The molecule has 0 radical (unpaired) electrons. The van der Waals surface area contributed by atoms with Crippen LogP contribution in [0.1, 0.15) is 29.9 Å². The van der Waals surface area contributed by atoms with Crippen LogP contribution in [0.3, 0.4) is 0 Å². The van der Waals surface area contributed by atoms with Gasteiger partial charge in [0, 0.05) is 30.7 Å². The maximum atomic E-state index is 11.6. The van der Waals surface area contributed by atoms with Crippen molar-refractivity contribution in [1.29, 1.82) is 0 Å². The normalized spacial score (nSPS) is 12.3. The van der Waals surface area contributed by atoms with E-state index in [1.165, 1.54) is 11.8 Å². The maximum absolute atomic E-state index is 11.6. The van der Waals surface area contributed by atoms with Gasteiger partial charge in [-0.1, -0.05) is 31.2 Å². The zero-order valence-corrected chi connectivity index (χ0v) is 12.2. The highest BCUT2D eigenvalue weighted by atomic mass is 32.2. The van der Waals surface area contributed by atoms with Gasteiger partial charge < -0.3 is 10.7 Å². The number of hydrogen-bond acceptors (Lipinski definition) is 5.